The Balaban J connectivity index is 1.74. The summed E-state index contributed by atoms with van der Waals surface area (Å²) in [5, 5.41) is 3.46. The Morgan fingerprint density at radius 2 is 1.92 bits per heavy atom. The van der Waals surface area contributed by atoms with Crippen molar-refractivity contribution >= 4 is 34.8 Å². The number of halogens is 1. The third-order valence-corrected chi connectivity index (χ3v) is 5.08. The van der Waals surface area contributed by atoms with Crippen LogP contribution in [-0.2, 0) is 16.0 Å². The molecule has 2 aromatic rings. The number of nitrogens with zero attached hydrogens (tertiary/aromatic N) is 1. The highest BCUT2D eigenvalue weighted by Gasteiger charge is 2.36. The van der Waals surface area contributed by atoms with Crippen molar-refractivity contribution in [3.05, 3.63) is 58.1 Å². The van der Waals surface area contributed by atoms with Gasteiger partial charge in [0.15, 0.2) is 0 Å². The number of rotatable bonds is 4. The maximum atomic E-state index is 12.6. The molecule has 136 valence electrons. The van der Waals surface area contributed by atoms with E-state index in [9.17, 15) is 9.59 Å². The molecule has 0 radical (unpaired) electrons. The quantitative estimate of drug-likeness (QED) is 0.860. The van der Waals surface area contributed by atoms with Crippen LogP contribution < -0.4 is 10.2 Å². The lowest BCUT2D eigenvalue weighted by molar-refractivity contribution is -0.122. The summed E-state index contributed by atoms with van der Waals surface area (Å²) in [5.41, 5.74) is 4.68. The molecular formula is C21H23ClN2O2. The molecule has 4 nitrogen and oxygen atoms in total. The van der Waals surface area contributed by atoms with Gasteiger partial charge < -0.3 is 10.2 Å². The van der Waals surface area contributed by atoms with Gasteiger partial charge in [-0.05, 0) is 55.2 Å². The molecule has 5 heteroatoms. The Kier molecular flexibility index (Phi) is 5.33. The minimum Gasteiger partial charge on any atom is -0.326 e. The van der Waals surface area contributed by atoms with Crippen molar-refractivity contribution in [2.24, 2.45) is 5.92 Å². The molecule has 0 aliphatic carbocycles. The van der Waals surface area contributed by atoms with Crippen LogP contribution in [0.25, 0.3) is 0 Å². The number of amides is 2. The first-order valence-electron chi connectivity index (χ1n) is 8.86. The SMILES string of the molecule is CCc1ccc(NC(=O)C2CC(=O)N(c3c(C)cc(C)cc3Cl)C2)cc1. The lowest BCUT2D eigenvalue weighted by atomic mass is 10.1. The second-order valence-corrected chi connectivity index (χ2v) is 7.26. The molecule has 0 saturated carbocycles. The van der Waals surface area contributed by atoms with E-state index in [0.717, 1.165) is 23.2 Å². The highest BCUT2D eigenvalue weighted by molar-refractivity contribution is 6.34. The summed E-state index contributed by atoms with van der Waals surface area (Å²) in [7, 11) is 0. The molecule has 1 fully saturated rings. The monoisotopic (exact) mass is 370 g/mol. The van der Waals surface area contributed by atoms with Gasteiger partial charge >= 0.3 is 0 Å². The summed E-state index contributed by atoms with van der Waals surface area (Å²) in [4.78, 5) is 26.7. The average Bonchev–Trinajstić information content (AvgIpc) is 2.96. The van der Waals surface area contributed by atoms with Gasteiger partial charge in [0, 0.05) is 18.7 Å². The zero-order valence-corrected chi connectivity index (χ0v) is 16.1. The van der Waals surface area contributed by atoms with Crippen LogP contribution in [0.1, 0.15) is 30.0 Å². The van der Waals surface area contributed by atoms with Gasteiger partial charge in [-0.2, -0.15) is 0 Å². The Hall–Kier alpha value is -2.33. The topological polar surface area (TPSA) is 49.4 Å². The summed E-state index contributed by atoms with van der Waals surface area (Å²) in [6, 6.07) is 11.6. The normalized spacial score (nSPS) is 16.8. The summed E-state index contributed by atoms with van der Waals surface area (Å²) >= 11 is 6.37. The molecule has 1 aliphatic heterocycles. The molecule has 2 amide bonds. The van der Waals surface area contributed by atoms with E-state index in [2.05, 4.69) is 12.2 Å². The standard InChI is InChI=1S/C21H23ClN2O2/c1-4-15-5-7-17(8-6-15)23-21(26)16-11-19(25)24(12-16)20-14(3)9-13(2)10-18(20)22/h5-10,16H,4,11-12H2,1-3H3,(H,23,26). The molecule has 3 rings (SSSR count). The van der Waals surface area contributed by atoms with Crippen molar-refractivity contribution in [1.29, 1.82) is 0 Å². The number of anilines is 2. The molecule has 1 atom stereocenters. The molecule has 0 aromatic heterocycles. The third kappa shape index (κ3) is 3.75. The first-order chi connectivity index (χ1) is 12.4. The average molecular weight is 371 g/mol. The number of benzene rings is 2. The lowest BCUT2D eigenvalue weighted by Crippen LogP contribution is -2.28. The van der Waals surface area contributed by atoms with Crippen LogP contribution in [-0.4, -0.2) is 18.4 Å². The molecule has 1 N–H and O–H groups in total. The Morgan fingerprint density at radius 1 is 1.23 bits per heavy atom. The van der Waals surface area contributed by atoms with Crippen LogP contribution in [0.5, 0.6) is 0 Å². The maximum absolute atomic E-state index is 12.6. The summed E-state index contributed by atoms with van der Waals surface area (Å²) in [6.45, 7) is 6.34. The van der Waals surface area contributed by atoms with E-state index in [1.54, 1.807) is 4.90 Å². The van der Waals surface area contributed by atoms with Crippen molar-refractivity contribution in [3.63, 3.8) is 0 Å². The Morgan fingerprint density at radius 3 is 2.54 bits per heavy atom. The zero-order chi connectivity index (χ0) is 18.8. The van der Waals surface area contributed by atoms with Gasteiger partial charge in [-0.1, -0.05) is 36.7 Å². The minimum atomic E-state index is -0.384. The van der Waals surface area contributed by atoms with E-state index in [-0.39, 0.29) is 24.2 Å². The highest BCUT2D eigenvalue weighted by Crippen LogP contribution is 2.35. The van der Waals surface area contributed by atoms with E-state index in [1.807, 2.05) is 50.2 Å². The van der Waals surface area contributed by atoms with E-state index in [4.69, 9.17) is 11.6 Å². The molecular weight excluding hydrogens is 348 g/mol. The molecule has 1 saturated heterocycles. The zero-order valence-electron chi connectivity index (χ0n) is 15.3. The van der Waals surface area contributed by atoms with Gasteiger partial charge in [0.25, 0.3) is 0 Å². The lowest BCUT2D eigenvalue weighted by Gasteiger charge is -2.21. The van der Waals surface area contributed by atoms with Gasteiger partial charge in [0.05, 0.1) is 16.6 Å². The van der Waals surface area contributed by atoms with Crippen molar-refractivity contribution < 1.29 is 9.59 Å². The second kappa shape index (κ2) is 7.50. The summed E-state index contributed by atoms with van der Waals surface area (Å²) in [5.74, 6) is -0.587. The Labute approximate surface area is 159 Å². The van der Waals surface area contributed by atoms with Crippen LogP contribution in [0.4, 0.5) is 11.4 Å². The van der Waals surface area contributed by atoms with Gasteiger partial charge in [0.1, 0.15) is 0 Å². The number of carbonyl (C=O) groups excluding carboxylic acids is 2. The molecule has 1 unspecified atom stereocenters. The number of hydrogen-bond acceptors (Lipinski definition) is 2. The predicted molar refractivity (Wildman–Crippen MR) is 106 cm³/mol. The number of hydrogen-bond donors (Lipinski definition) is 1. The first kappa shape index (κ1) is 18.5. The van der Waals surface area contributed by atoms with E-state index >= 15 is 0 Å². The summed E-state index contributed by atoms with van der Waals surface area (Å²) < 4.78 is 0. The van der Waals surface area contributed by atoms with Gasteiger partial charge in [0.2, 0.25) is 11.8 Å². The number of nitrogens with one attached hydrogen (secondary N) is 1. The van der Waals surface area contributed by atoms with E-state index in [0.29, 0.717) is 17.3 Å². The van der Waals surface area contributed by atoms with Crippen molar-refractivity contribution in [2.75, 3.05) is 16.8 Å². The molecule has 2 aromatic carbocycles. The maximum Gasteiger partial charge on any atom is 0.229 e. The summed E-state index contributed by atoms with van der Waals surface area (Å²) in [6.07, 6.45) is 1.15. The smallest absolute Gasteiger partial charge is 0.229 e. The van der Waals surface area contributed by atoms with Crippen LogP contribution in [0.3, 0.4) is 0 Å². The van der Waals surface area contributed by atoms with Crippen molar-refractivity contribution in [3.8, 4) is 0 Å². The highest BCUT2D eigenvalue weighted by atomic mass is 35.5. The largest absolute Gasteiger partial charge is 0.326 e. The molecule has 0 bridgehead atoms. The van der Waals surface area contributed by atoms with Crippen molar-refractivity contribution in [1.82, 2.24) is 0 Å². The van der Waals surface area contributed by atoms with Crippen LogP contribution in [0.15, 0.2) is 36.4 Å². The molecule has 1 heterocycles. The number of aryl methyl sites for hydroxylation is 3. The Bertz CT molecular complexity index is 823. The van der Waals surface area contributed by atoms with Crippen LogP contribution in [0.2, 0.25) is 5.02 Å². The fraction of sp³-hybridized carbons (Fsp3) is 0.333. The first-order valence-corrected chi connectivity index (χ1v) is 9.23. The van der Waals surface area contributed by atoms with Gasteiger partial charge in [-0.3, -0.25) is 9.59 Å². The van der Waals surface area contributed by atoms with Crippen LogP contribution >= 0.6 is 11.6 Å². The fourth-order valence-electron chi connectivity index (χ4n) is 3.42. The van der Waals surface area contributed by atoms with E-state index in [1.165, 1.54) is 5.56 Å². The molecule has 0 spiro atoms. The van der Waals surface area contributed by atoms with Crippen LogP contribution in [0, 0.1) is 19.8 Å². The van der Waals surface area contributed by atoms with Crippen molar-refractivity contribution in [2.45, 2.75) is 33.6 Å². The molecule has 1 aliphatic rings. The number of carbonyl (C=O) groups is 2. The minimum absolute atomic E-state index is 0.0691. The van der Waals surface area contributed by atoms with Gasteiger partial charge in [-0.25, -0.2) is 0 Å². The van der Waals surface area contributed by atoms with E-state index < -0.39 is 0 Å². The third-order valence-electron chi connectivity index (χ3n) is 4.79. The fourth-order valence-corrected chi connectivity index (χ4v) is 3.84. The van der Waals surface area contributed by atoms with Gasteiger partial charge in [-0.15, -0.1) is 0 Å². The second-order valence-electron chi connectivity index (χ2n) is 6.86. The predicted octanol–water partition coefficient (Wildman–Crippen LogP) is 4.51. The molecule has 26 heavy (non-hydrogen) atoms.